The van der Waals surface area contributed by atoms with Gasteiger partial charge in [0, 0.05) is 12.8 Å². The van der Waals surface area contributed by atoms with Crippen LogP contribution in [-0.2, 0) is 30.3 Å². The fraction of sp³-hybridized carbons (Fsp3) is 0.621. The number of carbonyl (C=O) groups is 5. The summed E-state index contributed by atoms with van der Waals surface area (Å²) < 4.78 is 4.59. The second-order valence-corrected chi connectivity index (χ2v) is 11.3. The molecule has 1 fully saturated rings. The van der Waals surface area contributed by atoms with Crippen molar-refractivity contribution in [1.82, 2.24) is 21.3 Å². The lowest BCUT2D eigenvalue weighted by molar-refractivity contribution is -0.147. The molecule has 1 aromatic carbocycles. The number of methoxy groups -OCH3 is 1. The Hall–Kier alpha value is -3.55. The number of unbranched alkanes of at least 4 members (excludes halogenated alkanes) is 1. The molecule has 1 aromatic rings. The van der Waals surface area contributed by atoms with E-state index in [2.05, 4.69) is 26.0 Å². The van der Waals surface area contributed by atoms with Crippen molar-refractivity contribution in [2.75, 3.05) is 7.11 Å². The average molecular weight is 591 g/mol. The van der Waals surface area contributed by atoms with Gasteiger partial charge in [-0.25, -0.2) is 9.59 Å². The van der Waals surface area contributed by atoms with E-state index in [1.165, 1.54) is 0 Å². The highest BCUT2D eigenvalue weighted by molar-refractivity contribution is 5.96. The number of carboxylic acid groups (broad SMARTS) is 1. The number of amides is 3. The molecule has 3 amide bonds. The largest absolute Gasteiger partial charge is 0.480 e. The number of piperidine rings is 1. The number of alkyl carbamates (subject to hydrolysis) is 1. The van der Waals surface area contributed by atoms with Crippen molar-refractivity contribution in [2.45, 2.75) is 102 Å². The highest BCUT2D eigenvalue weighted by atomic mass is 16.5. The summed E-state index contributed by atoms with van der Waals surface area (Å²) in [7, 11) is 1.10. The molecule has 0 saturated carbocycles. The number of ketones is 1. The molecule has 2 unspecified atom stereocenters. The monoisotopic (exact) mass is 590 g/mol. The topological polar surface area (TPSA) is 215 Å². The Morgan fingerprint density at radius 3 is 2.29 bits per heavy atom. The van der Waals surface area contributed by atoms with Crippen LogP contribution in [0.3, 0.4) is 0 Å². The van der Waals surface area contributed by atoms with Gasteiger partial charge in [-0.1, -0.05) is 63.9 Å². The van der Waals surface area contributed by atoms with Crippen LogP contribution in [0, 0.1) is 5.92 Å². The van der Waals surface area contributed by atoms with Gasteiger partial charge >= 0.3 is 12.1 Å². The molecule has 42 heavy (non-hydrogen) atoms. The third-order valence-electron chi connectivity index (χ3n) is 7.30. The summed E-state index contributed by atoms with van der Waals surface area (Å²) in [4.78, 5) is 64.4. The highest BCUT2D eigenvalue weighted by Gasteiger charge is 2.49. The van der Waals surface area contributed by atoms with Crippen molar-refractivity contribution in [1.29, 1.82) is 0 Å². The summed E-state index contributed by atoms with van der Waals surface area (Å²) in [6.45, 7) is 5.75. The zero-order chi connectivity index (χ0) is 31.4. The maximum absolute atomic E-state index is 13.8. The Labute approximate surface area is 246 Å². The summed E-state index contributed by atoms with van der Waals surface area (Å²) in [6, 6.07) is 5.38. The number of Topliss-reactive ketones (excluding diaryl/α,β-unsaturated/α-hetero) is 1. The Morgan fingerprint density at radius 1 is 1.07 bits per heavy atom. The van der Waals surface area contributed by atoms with Crippen LogP contribution in [0.4, 0.5) is 4.79 Å². The van der Waals surface area contributed by atoms with Crippen molar-refractivity contribution in [3.63, 3.8) is 0 Å². The van der Waals surface area contributed by atoms with Crippen LogP contribution < -0.4 is 32.7 Å². The number of benzene rings is 1. The molecule has 1 heterocycles. The summed E-state index contributed by atoms with van der Waals surface area (Å²) in [6.07, 6.45) is -0.157. The van der Waals surface area contributed by atoms with Gasteiger partial charge in [-0.05, 0) is 30.7 Å². The predicted octanol–water partition coefficient (Wildman–Crippen LogP) is 0.548. The summed E-state index contributed by atoms with van der Waals surface area (Å²) >= 11 is 0. The van der Waals surface area contributed by atoms with Gasteiger partial charge in [0.05, 0.1) is 31.4 Å². The summed E-state index contributed by atoms with van der Waals surface area (Å²) in [5.41, 5.74) is 11.2. The molecule has 6 atom stereocenters. The molecule has 1 aliphatic heterocycles. The first-order valence-electron chi connectivity index (χ1n) is 14.4. The van der Waals surface area contributed by atoms with E-state index in [-0.39, 0.29) is 25.2 Å². The summed E-state index contributed by atoms with van der Waals surface area (Å²) in [5.74, 6) is -2.83. The van der Waals surface area contributed by atoms with E-state index in [1.807, 2.05) is 51.1 Å². The van der Waals surface area contributed by atoms with Crippen LogP contribution in [0.15, 0.2) is 30.3 Å². The maximum atomic E-state index is 13.8. The zero-order valence-corrected chi connectivity index (χ0v) is 24.9. The van der Waals surface area contributed by atoms with Gasteiger partial charge in [-0.3, -0.25) is 19.7 Å². The molecular formula is C29H46N6O7. The second-order valence-electron chi connectivity index (χ2n) is 11.3. The maximum Gasteiger partial charge on any atom is 0.407 e. The van der Waals surface area contributed by atoms with E-state index in [4.69, 9.17) is 11.5 Å². The van der Waals surface area contributed by atoms with Crippen molar-refractivity contribution in [3.05, 3.63) is 35.9 Å². The third-order valence-corrected chi connectivity index (χ3v) is 7.30. The Balaban J connectivity index is 2.22. The van der Waals surface area contributed by atoms with Gasteiger partial charge < -0.3 is 37.3 Å². The van der Waals surface area contributed by atoms with E-state index >= 15 is 0 Å². The zero-order valence-electron chi connectivity index (χ0n) is 24.9. The number of rotatable bonds is 15. The fourth-order valence-corrected chi connectivity index (χ4v) is 5.09. The predicted molar refractivity (Wildman–Crippen MR) is 156 cm³/mol. The quantitative estimate of drug-likeness (QED) is 0.150. The van der Waals surface area contributed by atoms with Gasteiger partial charge in [-0.15, -0.1) is 0 Å². The summed E-state index contributed by atoms with van der Waals surface area (Å²) in [5, 5.41) is 20.7. The minimum absolute atomic E-state index is 0.0368. The third kappa shape index (κ3) is 10.1. The smallest absolute Gasteiger partial charge is 0.407 e. The van der Waals surface area contributed by atoms with Gasteiger partial charge in [0.1, 0.15) is 11.6 Å². The van der Waals surface area contributed by atoms with Crippen LogP contribution in [0.1, 0.15) is 64.9 Å². The number of aliphatic carboxylic acids is 1. The molecule has 2 rings (SSSR count). The number of ether oxygens (including phenoxy) is 1. The lowest BCUT2D eigenvalue weighted by Crippen LogP contribution is -2.69. The standard InChI is InChI=1S/C29H46N6O7/c1-5-6-12-20(24(36)22-15-29(27(39)40,16-23(31)32-22)35-28(41)42-4)33-26(38)21(13-17(2)3)34-25(37)19(30)14-18-10-8-7-9-11-18/h7-11,17,19-23,32H,5-6,12-16,30-31H2,1-4H3,(H,33,38)(H,34,37)(H,35,41)(H,39,40)/t19-,20-,21-,22-,23?,29?/m1/s1. The van der Waals surface area contributed by atoms with E-state index in [0.29, 0.717) is 19.3 Å². The van der Waals surface area contributed by atoms with Crippen LogP contribution in [-0.4, -0.2) is 77.7 Å². The van der Waals surface area contributed by atoms with Gasteiger partial charge in [0.25, 0.3) is 0 Å². The van der Waals surface area contributed by atoms with E-state index < -0.39 is 65.5 Å². The Morgan fingerprint density at radius 2 is 1.71 bits per heavy atom. The minimum Gasteiger partial charge on any atom is -0.480 e. The van der Waals surface area contributed by atoms with Crippen molar-refractivity contribution >= 4 is 29.7 Å². The van der Waals surface area contributed by atoms with Crippen LogP contribution in [0.2, 0.25) is 0 Å². The molecule has 0 bridgehead atoms. The highest BCUT2D eigenvalue weighted by Crippen LogP contribution is 2.26. The number of hydrogen-bond acceptors (Lipinski definition) is 9. The molecule has 9 N–H and O–H groups in total. The number of hydrogen-bond donors (Lipinski definition) is 7. The van der Waals surface area contributed by atoms with Crippen molar-refractivity contribution in [2.24, 2.45) is 17.4 Å². The molecular weight excluding hydrogens is 544 g/mol. The normalized spacial score (nSPS) is 22.4. The molecule has 0 spiro atoms. The molecule has 0 aliphatic carbocycles. The lowest BCUT2D eigenvalue weighted by Gasteiger charge is -2.41. The number of carboxylic acids is 1. The lowest BCUT2D eigenvalue weighted by atomic mass is 9.80. The van der Waals surface area contributed by atoms with Gasteiger partial charge in [-0.2, -0.15) is 0 Å². The van der Waals surface area contributed by atoms with E-state index in [0.717, 1.165) is 19.1 Å². The minimum atomic E-state index is -1.85. The SMILES string of the molecule is CCCC[C@@H](NC(=O)[C@@H](CC(C)C)NC(=O)[C@H](N)Cc1ccccc1)C(=O)[C@H]1CC(NC(=O)OC)(C(=O)O)CC(N)N1. The van der Waals surface area contributed by atoms with Crippen LogP contribution >= 0.6 is 0 Å². The first-order valence-corrected chi connectivity index (χ1v) is 14.4. The number of nitrogens with two attached hydrogens (primary N) is 2. The molecule has 1 aliphatic rings. The fourth-order valence-electron chi connectivity index (χ4n) is 5.09. The van der Waals surface area contributed by atoms with Crippen molar-refractivity contribution in [3.8, 4) is 0 Å². The van der Waals surface area contributed by atoms with Crippen LogP contribution in [0.25, 0.3) is 0 Å². The molecule has 234 valence electrons. The van der Waals surface area contributed by atoms with Crippen molar-refractivity contribution < 1.29 is 33.8 Å². The van der Waals surface area contributed by atoms with Gasteiger partial charge in [0.15, 0.2) is 5.78 Å². The van der Waals surface area contributed by atoms with Crippen LogP contribution in [0.5, 0.6) is 0 Å². The molecule has 13 nitrogen and oxygen atoms in total. The molecule has 0 aromatic heterocycles. The van der Waals surface area contributed by atoms with E-state index in [1.54, 1.807) is 0 Å². The first-order chi connectivity index (χ1) is 19.8. The first kappa shape index (κ1) is 34.7. The molecule has 1 saturated heterocycles. The number of carbonyl (C=O) groups excluding carboxylic acids is 4. The number of nitrogens with one attached hydrogen (secondary N) is 4. The Kier molecular flexibility index (Phi) is 13.4. The molecule has 13 heteroatoms. The average Bonchev–Trinajstić information content (AvgIpc) is 2.94. The van der Waals surface area contributed by atoms with Gasteiger partial charge in [0.2, 0.25) is 11.8 Å². The molecule has 0 radical (unpaired) electrons. The Bertz CT molecular complexity index is 1090. The second kappa shape index (κ2) is 16.2. The van der Waals surface area contributed by atoms with E-state index in [9.17, 15) is 29.1 Å².